The minimum atomic E-state index is -3.03. The zero-order chi connectivity index (χ0) is 14.6. The molecule has 2 atom stereocenters. The van der Waals surface area contributed by atoms with Gasteiger partial charge in [0.25, 0.3) is 0 Å². The van der Waals surface area contributed by atoms with E-state index in [1.165, 1.54) is 11.1 Å². The summed E-state index contributed by atoms with van der Waals surface area (Å²) in [7, 11) is -3.03. The molecule has 0 bridgehead atoms. The van der Waals surface area contributed by atoms with Gasteiger partial charge in [-0.1, -0.05) is 38.1 Å². The van der Waals surface area contributed by atoms with Crippen molar-refractivity contribution in [2.45, 2.75) is 50.8 Å². The molecule has 0 amide bonds. The summed E-state index contributed by atoms with van der Waals surface area (Å²) in [5, 5.41) is 3.19. The fourth-order valence-corrected chi connectivity index (χ4v) is 4.68. The summed E-state index contributed by atoms with van der Waals surface area (Å²) in [5.41, 5.74) is 2.48. The Bertz CT molecular complexity index is 539. The molecule has 2 rings (SSSR count). The molecule has 20 heavy (non-hydrogen) atoms. The van der Waals surface area contributed by atoms with Crippen LogP contribution in [-0.4, -0.2) is 26.0 Å². The quantitative estimate of drug-likeness (QED) is 0.850. The molecule has 2 unspecified atom stereocenters. The molecule has 0 radical (unpaired) electrons. The Hall–Kier alpha value is -0.870. The van der Waals surface area contributed by atoms with E-state index in [0.717, 1.165) is 32.2 Å². The van der Waals surface area contributed by atoms with Gasteiger partial charge in [-0.05, 0) is 43.4 Å². The highest BCUT2D eigenvalue weighted by atomic mass is 32.2. The Morgan fingerprint density at radius 1 is 1.25 bits per heavy atom. The van der Waals surface area contributed by atoms with Crippen LogP contribution in [0.25, 0.3) is 0 Å². The van der Waals surface area contributed by atoms with Crippen LogP contribution in [0.2, 0.25) is 0 Å². The van der Waals surface area contributed by atoms with Crippen LogP contribution in [0.1, 0.15) is 50.3 Å². The van der Waals surface area contributed by atoms with Crippen molar-refractivity contribution in [2.75, 3.05) is 12.3 Å². The van der Waals surface area contributed by atoms with E-state index in [1.807, 2.05) is 12.1 Å². The second kappa shape index (κ2) is 6.72. The number of hydrogen-bond acceptors (Lipinski definition) is 3. The van der Waals surface area contributed by atoms with Crippen molar-refractivity contribution in [3.63, 3.8) is 0 Å². The third-order valence-corrected chi connectivity index (χ3v) is 6.41. The van der Waals surface area contributed by atoms with Gasteiger partial charge < -0.3 is 5.32 Å². The van der Waals surface area contributed by atoms with Crippen molar-refractivity contribution in [2.24, 2.45) is 0 Å². The Morgan fingerprint density at radius 2 is 2.00 bits per heavy atom. The number of aryl methyl sites for hydroxylation is 1. The summed E-state index contributed by atoms with van der Waals surface area (Å²) in [4.78, 5) is 0. The summed E-state index contributed by atoms with van der Waals surface area (Å²) >= 11 is 0. The van der Waals surface area contributed by atoms with Gasteiger partial charge in [0.2, 0.25) is 0 Å². The first-order chi connectivity index (χ1) is 9.60. The number of fused-ring (bicyclic) bond motifs is 1. The molecule has 1 aliphatic carbocycles. The molecule has 0 saturated heterocycles. The SMILES string of the molecule is CCCNC1c2ccccc2CCCC1S(=O)(=O)CC. The average molecular weight is 295 g/mol. The minimum Gasteiger partial charge on any atom is -0.309 e. The lowest BCUT2D eigenvalue weighted by atomic mass is 9.99. The third kappa shape index (κ3) is 3.23. The van der Waals surface area contributed by atoms with E-state index in [2.05, 4.69) is 24.4 Å². The van der Waals surface area contributed by atoms with E-state index in [1.54, 1.807) is 6.92 Å². The molecule has 1 aliphatic rings. The van der Waals surface area contributed by atoms with E-state index in [-0.39, 0.29) is 17.0 Å². The van der Waals surface area contributed by atoms with Crippen molar-refractivity contribution in [1.29, 1.82) is 0 Å². The molecular formula is C16H25NO2S. The highest BCUT2D eigenvalue weighted by molar-refractivity contribution is 7.92. The van der Waals surface area contributed by atoms with E-state index >= 15 is 0 Å². The third-order valence-electron chi connectivity index (χ3n) is 4.17. The number of rotatable bonds is 5. The zero-order valence-corrected chi connectivity index (χ0v) is 13.2. The number of nitrogens with one attached hydrogen (secondary N) is 1. The minimum absolute atomic E-state index is 0.0569. The Labute approximate surface area is 122 Å². The fourth-order valence-electron chi connectivity index (χ4n) is 3.07. The van der Waals surface area contributed by atoms with Gasteiger partial charge in [0, 0.05) is 11.8 Å². The molecule has 1 aromatic rings. The molecule has 0 aliphatic heterocycles. The van der Waals surface area contributed by atoms with Crippen molar-refractivity contribution >= 4 is 9.84 Å². The maximum Gasteiger partial charge on any atom is 0.154 e. The van der Waals surface area contributed by atoms with E-state index in [9.17, 15) is 8.42 Å². The van der Waals surface area contributed by atoms with Gasteiger partial charge in [0.15, 0.2) is 9.84 Å². The highest BCUT2D eigenvalue weighted by Gasteiger charge is 2.35. The lowest BCUT2D eigenvalue weighted by Gasteiger charge is -2.27. The average Bonchev–Trinajstić information content (AvgIpc) is 2.65. The first-order valence-electron chi connectivity index (χ1n) is 7.63. The van der Waals surface area contributed by atoms with Crippen LogP contribution in [0.4, 0.5) is 0 Å². The molecule has 0 fully saturated rings. The molecule has 3 nitrogen and oxygen atoms in total. The summed E-state index contributed by atoms with van der Waals surface area (Å²) in [5.74, 6) is 0.226. The number of sulfone groups is 1. The van der Waals surface area contributed by atoms with Crippen LogP contribution in [0, 0.1) is 0 Å². The van der Waals surface area contributed by atoms with Crippen LogP contribution in [-0.2, 0) is 16.3 Å². The standard InChI is InChI=1S/C16H25NO2S/c1-3-12-17-16-14-10-6-5-8-13(14)9-7-11-15(16)20(18,19)4-2/h5-6,8,10,15-17H,3-4,7,9,11-12H2,1-2H3. The molecule has 0 heterocycles. The Balaban J connectivity index is 2.42. The maximum absolute atomic E-state index is 12.5. The molecule has 112 valence electrons. The van der Waals surface area contributed by atoms with Crippen LogP contribution in [0.5, 0.6) is 0 Å². The lowest BCUT2D eigenvalue weighted by Crippen LogP contribution is -2.38. The van der Waals surface area contributed by atoms with Gasteiger partial charge >= 0.3 is 0 Å². The zero-order valence-electron chi connectivity index (χ0n) is 12.4. The summed E-state index contributed by atoms with van der Waals surface area (Å²) in [6.45, 7) is 4.72. The number of benzene rings is 1. The summed E-state index contributed by atoms with van der Waals surface area (Å²) in [6.07, 6.45) is 3.70. The molecule has 0 saturated carbocycles. The summed E-state index contributed by atoms with van der Waals surface area (Å²) < 4.78 is 24.9. The van der Waals surface area contributed by atoms with E-state index < -0.39 is 9.84 Å². The van der Waals surface area contributed by atoms with Crippen LogP contribution in [0.15, 0.2) is 24.3 Å². The van der Waals surface area contributed by atoms with Crippen LogP contribution < -0.4 is 5.32 Å². The van der Waals surface area contributed by atoms with E-state index in [0.29, 0.717) is 0 Å². The fraction of sp³-hybridized carbons (Fsp3) is 0.625. The maximum atomic E-state index is 12.5. The molecule has 1 N–H and O–H groups in total. The smallest absolute Gasteiger partial charge is 0.154 e. The topological polar surface area (TPSA) is 46.2 Å². The predicted molar refractivity (Wildman–Crippen MR) is 83.7 cm³/mol. The normalized spacial score (nSPS) is 23.1. The van der Waals surface area contributed by atoms with Crippen molar-refractivity contribution in [3.8, 4) is 0 Å². The second-order valence-corrected chi connectivity index (χ2v) is 8.02. The molecule has 0 aromatic heterocycles. The molecule has 1 aromatic carbocycles. The van der Waals surface area contributed by atoms with Crippen molar-refractivity contribution in [1.82, 2.24) is 5.32 Å². The van der Waals surface area contributed by atoms with Gasteiger partial charge in [-0.2, -0.15) is 0 Å². The lowest BCUT2D eigenvalue weighted by molar-refractivity contribution is 0.473. The Kier molecular flexibility index (Phi) is 5.22. The first kappa shape index (κ1) is 15.5. The molecule has 4 heteroatoms. The van der Waals surface area contributed by atoms with Crippen LogP contribution >= 0.6 is 0 Å². The summed E-state index contributed by atoms with van der Waals surface area (Å²) in [6, 6.07) is 8.23. The van der Waals surface area contributed by atoms with Gasteiger partial charge in [-0.25, -0.2) is 8.42 Å². The van der Waals surface area contributed by atoms with Crippen molar-refractivity contribution < 1.29 is 8.42 Å². The van der Waals surface area contributed by atoms with Crippen molar-refractivity contribution in [3.05, 3.63) is 35.4 Å². The van der Waals surface area contributed by atoms with E-state index in [4.69, 9.17) is 0 Å². The second-order valence-electron chi connectivity index (χ2n) is 5.51. The highest BCUT2D eigenvalue weighted by Crippen LogP contribution is 2.33. The van der Waals surface area contributed by atoms with Gasteiger partial charge in [-0.3, -0.25) is 0 Å². The molecule has 0 spiro atoms. The monoisotopic (exact) mass is 295 g/mol. The first-order valence-corrected chi connectivity index (χ1v) is 9.34. The van der Waals surface area contributed by atoms with Gasteiger partial charge in [0.05, 0.1) is 5.25 Å². The largest absolute Gasteiger partial charge is 0.309 e. The number of hydrogen-bond donors (Lipinski definition) is 1. The Morgan fingerprint density at radius 3 is 2.70 bits per heavy atom. The van der Waals surface area contributed by atoms with Gasteiger partial charge in [0.1, 0.15) is 0 Å². The predicted octanol–water partition coefficient (Wildman–Crippen LogP) is 2.87. The molecular weight excluding hydrogens is 270 g/mol. The van der Waals surface area contributed by atoms with Crippen LogP contribution in [0.3, 0.4) is 0 Å². The van der Waals surface area contributed by atoms with Gasteiger partial charge in [-0.15, -0.1) is 0 Å².